The van der Waals surface area contributed by atoms with E-state index in [1.807, 2.05) is 0 Å². The topological polar surface area (TPSA) is 64.4 Å². The highest BCUT2D eigenvalue weighted by Crippen LogP contribution is 2.32. The summed E-state index contributed by atoms with van der Waals surface area (Å²) in [6.07, 6.45) is 0. The van der Waals surface area contributed by atoms with Crippen molar-refractivity contribution in [2.75, 3.05) is 12.4 Å². The van der Waals surface area contributed by atoms with E-state index in [9.17, 15) is 4.79 Å². The number of halogens is 3. The van der Waals surface area contributed by atoms with Gasteiger partial charge in [-0.15, -0.1) is 0 Å². The summed E-state index contributed by atoms with van der Waals surface area (Å²) in [5, 5.41) is 3.99. The molecule has 5 nitrogen and oxygen atoms in total. The van der Waals surface area contributed by atoms with Gasteiger partial charge in [0, 0.05) is 16.3 Å². The Kier molecular flexibility index (Phi) is 5.37. The van der Waals surface area contributed by atoms with Crippen LogP contribution >= 0.6 is 34.8 Å². The fourth-order valence-electron chi connectivity index (χ4n) is 2.80. The Balaban J connectivity index is 1.62. The third-order valence-corrected chi connectivity index (χ3v) is 5.08. The van der Waals surface area contributed by atoms with Crippen molar-refractivity contribution in [2.45, 2.75) is 0 Å². The second kappa shape index (κ2) is 7.95. The van der Waals surface area contributed by atoms with E-state index >= 15 is 0 Å². The first-order chi connectivity index (χ1) is 13.9. The van der Waals surface area contributed by atoms with Crippen molar-refractivity contribution in [1.29, 1.82) is 0 Å². The zero-order valence-electron chi connectivity index (χ0n) is 15.0. The number of oxazole rings is 1. The zero-order chi connectivity index (χ0) is 20.5. The standard InChI is InChI=1S/C21H13Cl3N2O3/c1-28-18-6-2-11(8-16(18)24)21-26-17-10-13(4-7-19(17)29-21)25-20(27)14-9-12(22)3-5-15(14)23/h2-10H,1H3,(H,25,27). The fraction of sp³-hybridized carbons (Fsp3) is 0.0476. The van der Waals surface area contributed by atoms with Gasteiger partial charge in [-0.3, -0.25) is 4.79 Å². The Hall–Kier alpha value is -2.73. The van der Waals surface area contributed by atoms with Crippen molar-refractivity contribution in [3.63, 3.8) is 0 Å². The molecule has 4 rings (SSSR count). The van der Waals surface area contributed by atoms with Gasteiger partial charge in [0.25, 0.3) is 5.91 Å². The molecule has 0 unspecified atom stereocenters. The summed E-state index contributed by atoms with van der Waals surface area (Å²) in [7, 11) is 1.55. The van der Waals surface area contributed by atoms with Gasteiger partial charge in [-0.1, -0.05) is 34.8 Å². The van der Waals surface area contributed by atoms with Crippen molar-refractivity contribution in [3.05, 3.63) is 75.2 Å². The number of aromatic nitrogens is 1. The molecule has 1 N–H and O–H groups in total. The first-order valence-electron chi connectivity index (χ1n) is 8.45. The number of ether oxygens (including phenoxy) is 1. The Morgan fingerprint density at radius 3 is 2.59 bits per heavy atom. The van der Waals surface area contributed by atoms with Gasteiger partial charge in [0.05, 0.1) is 22.7 Å². The average Bonchev–Trinajstić information content (AvgIpc) is 3.13. The van der Waals surface area contributed by atoms with Crippen molar-refractivity contribution < 1.29 is 13.9 Å². The van der Waals surface area contributed by atoms with E-state index in [0.29, 0.717) is 49.1 Å². The molecule has 0 saturated heterocycles. The first-order valence-corrected chi connectivity index (χ1v) is 9.59. The van der Waals surface area contributed by atoms with Crippen LogP contribution in [0.4, 0.5) is 5.69 Å². The normalized spacial score (nSPS) is 10.9. The SMILES string of the molecule is COc1ccc(-c2nc3cc(NC(=O)c4cc(Cl)ccc4Cl)ccc3o2)cc1Cl. The highest BCUT2D eigenvalue weighted by Gasteiger charge is 2.14. The third kappa shape index (κ3) is 4.03. The lowest BCUT2D eigenvalue weighted by Crippen LogP contribution is -2.12. The lowest BCUT2D eigenvalue weighted by Gasteiger charge is -2.07. The van der Waals surface area contributed by atoms with E-state index in [-0.39, 0.29) is 11.5 Å². The van der Waals surface area contributed by atoms with Gasteiger partial charge < -0.3 is 14.5 Å². The minimum absolute atomic E-state index is 0.285. The summed E-state index contributed by atoms with van der Waals surface area (Å²) < 4.78 is 11.0. The summed E-state index contributed by atoms with van der Waals surface area (Å²) in [5.74, 6) is 0.602. The number of anilines is 1. The maximum atomic E-state index is 12.5. The van der Waals surface area contributed by atoms with Crippen LogP contribution in [0.5, 0.6) is 5.75 Å². The maximum absolute atomic E-state index is 12.5. The smallest absolute Gasteiger partial charge is 0.257 e. The number of rotatable bonds is 4. The summed E-state index contributed by atoms with van der Waals surface area (Å²) in [4.78, 5) is 17.0. The largest absolute Gasteiger partial charge is 0.495 e. The van der Waals surface area contributed by atoms with Crippen LogP contribution in [0.1, 0.15) is 10.4 Å². The summed E-state index contributed by atoms with van der Waals surface area (Å²) in [5.41, 5.74) is 2.70. The molecule has 0 spiro atoms. The molecule has 0 aliphatic rings. The first kappa shape index (κ1) is 19.6. The van der Waals surface area contributed by atoms with Crippen LogP contribution in [0, 0.1) is 0 Å². The molecule has 0 saturated carbocycles. The highest BCUT2D eigenvalue weighted by molar-refractivity contribution is 6.36. The molecule has 0 fully saturated rings. The molecular formula is C21H13Cl3N2O3. The van der Waals surface area contributed by atoms with Gasteiger partial charge in [0.1, 0.15) is 11.3 Å². The van der Waals surface area contributed by atoms with E-state index in [0.717, 1.165) is 0 Å². The minimum atomic E-state index is -0.373. The van der Waals surface area contributed by atoms with E-state index in [2.05, 4.69) is 10.3 Å². The number of carbonyl (C=O) groups excluding carboxylic acids is 1. The molecule has 1 amide bonds. The molecule has 29 heavy (non-hydrogen) atoms. The number of benzene rings is 3. The molecule has 8 heteroatoms. The number of hydrogen-bond donors (Lipinski definition) is 1. The average molecular weight is 448 g/mol. The van der Waals surface area contributed by atoms with E-state index in [4.69, 9.17) is 44.0 Å². The van der Waals surface area contributed by atoms with Crippen molar-refractivity contribution in [2.24, 2.45) is 0 Å². The molecule has 0 aliphatic carbocycles. The highest BCUT2D eigenvalue weighted by atomic mass is 35.5. The lowest BCUT2D eigenvalue weighted by molar-refractivity contribution is 0.102. The molecule has 4 aromatic rings. The van der Waals surface area contributed by atoms with Crippen LogP contribution in [0.3, 0.4) is 0 Å². The Morgan fingerprint density at radius 2 is 1.83 bits per heavy atom. The summed E-state index contributed by atoms with van der Waals surface area (Å²) in [6.45, 7) is 0. The van der Waals surface area contributed by atoms with Gasteiger partial charge in [0.15, 0.2) is 5.58 Å². The van der Waals surface area contributed by atoms with Gasteiger partial charge in [-0.05, 0) is 54.6 Å². The second-order valence-corrected chi connectivity index (χ2v) is 7.38. The number of methoxy groups -OCH3 is 1. The summed E-state index contributed by atoms with van der Waals surface area (Å²) >= 11 is 18.2. The summed E-state index contributed by atoms with van der Waals surface area (Å²) in [6, 6.07) is 15.1. The Bertz CT molecular complexity index is 1240. The maximum Gasteiger partial charge on any atom is 0.257 e. The van der Waals surface area contributed by atoms with E-state index < -0.39 is 0 Å². The number of carbonyl (C=O) groups is 1. The number of amides is 1. The number of fused-ring (bicyclic) bond motifs is 1. The van der Waals surface area contributed by atoms with Crippen LogP contribution < -0.4 is 10.1 Å². The Morgan fingerprint density at radius 1 is 1.00 bits per heavy atom. The minimum Gasteiger partial charge on any atom is -0.495 e. The van der Waals surface area contributed by atoms with Crippen LogP contribution in [-0.2, 0) is 0 Å². The van der Waals surface area contributed by atoms with Crippen LogP contribution in [0.15, 0.2) is 59.0 Å². The van der Waals surface area contributed by atoms with Crippen LogP contribution in [0.25, 0.3) is 22.6 Å². The van der Waals surface area contributed by atoms with E-state index in [1.54, 1.807) is 55.6 Å². The predicted octanol–water partition coefficient (Wildman–Crippen LogP) is 6.72. The van der Waals surface area contributed by atoms with Crippen LogP contribution in [0.2, 0.25) is 15.1 Å². The molecule has 0 aliphatic heterocycles. The van der Waals surface area contributed by atoms with Gasteiger partial charge in [0.2, 0.25) is 5.89 Å². The number of nitrogens with one attached hydrogen (secondary N) is 1. The molecule has 1 heterocycles. The molecular weight excluding hydrogens is 435 g/mol. The second-order valence-electron chi connectivity index (χ2n) is 6.13. The molecule has 0 bridgehead atoms. The monoisotopic (exact) mass is 446 g/mol. The molecule has 1 aromatic heterocycles. The van der Waals surface area contributed by atoms with Gasteiger partial charge in [-0.2, -0.15) is 0 Å². The predicted molar refractivity (Wildman–Crippen MR) is 115 cm³/mol. The number of nitrogens with zero attached hydrogens (tertiary/aromatic N) is 1. The molecule has 3 aromatic carbocycles. The zero-order valence-corrected chi connectivity index (χ0v) is 17.3. The van der Waals surface area contributed by atoms with Gasteiger partial charge >= 0.3 is 0 Å². The molecule has 0 atom stereocenters. The third-order valence-electron chi connectivity index (χ3n) is 4.22. The Labute approximate surface area is 181 Å². The van der Waals surface area contributed by atoms with Crippen molar-refractivity contribution >= 4 is 57.5 Å². The van der Waals surface area contributed by atoms with Gasteiger partial charge in [-0.25, -0.2) is 4.98 Å². The molecule has 0 radical (unpaired) electrons. The van der Waals surface area contributed by atoms with E-state index in [1.165, 1.54) is 6.07 Å². The molecule has 146 valence electrons. The van der Waals surface area contributed by atoms with Crippen molar-refractivity contribution in [3.8, 4) is 17.2 Å². The fourth-order valence-corrected chi connectivity index (χ4v) is 3.43. The van der Waals surface area contributed by atoms with Crippen LogP contribution in [-0.4, -0.2) is 18.0 Å². The number of hydrogen-bond acceptors (Lipinski definition) is 4. The van der Waals surface area contributed by atoms with Crippen molar-refractivity contribution in [1.82, 2.24) is 4.98 Å². The lowest BCUT2D eigenvalue weighted by atomic mass is 10.2. The quantitative estimate of drug-likeness (QED) is 0.377.